The van der Waals surface area contributed by atoms with Gasteiger partial charge in [-0.2, -0.15) is 0 Å². The van der Waals surface area contributed by atoms with Crippen LogP contribution in [-0.2, 0) is 5.41 Å². The molecule has 108 valence electrons. The van der Waals surface area contributed by atoms with Crippen LogP contribution in [0.15, 0.2) is 0 Å². The normalized spacial score (nSPS) is 19.5. The highest BCUT2D eigenvalue weighted by Crippen LogP contribution is 2.34. The van der Waals surface area contributed by atoms with E-state index in [0.717, 1.165) is 5.69 Å². The van der Waals surface area contributed by atoms with Crippen molar-refractivity contribution in [1.29, 1.82) is 0 Å². The lowest BCUT2D eigenvalue weighted by atomic mass is 9.98. The molecule has 0 saturated heterocycles. The summed E-state index contributed by atoms with van der Waals surface area (Å²) in [5.41, 5.74) is 1.23. The fourth-order valence-corrected chi connectivity index (χ4v) is 3.32. The van der Waals surface area contributed by atoms with E-state index in [2.05, 4.69) is 39.9 Å². The van der Waals surface area contributed by atoms with Gasteiger partial charge < -0.3 is 10.4 Å². The quantitative estimate of drug-likeness (QED) is 0.872. The van der Waals surface area contributed by atoms with Gasteiger partial charge in [0.15, 0.2) is 0 Å². The topological polar surface area (TPSA) is 45.2 Å². The molecule has 2 rings (SSSR count). The molecule has 1 aliphatic rings. The molecule has 1 fully saturated rings. The summed E-state index contributed by atoms with van der Waals surface area (Å²) in [6.07, 6.45) is 2.19. The summed E-state index contributed by atoms with van der Waals surface area (Å²) in [6.45, 7) is 11.5. The fourth-order valence-electron chi connectivity index (χ4n) is 2.17. The first-order chi connectivity index (χ1) is 8.79. The SMILES string of the molecule is Cc1nc(C(C)(C)C)sc1C(C)NCC(O)C1CC1. The molecule has 0 radical (unpaired) electrons. The minimum atomic E-state index is -0.183. The van der Waals surface area contributed by atoms with Gasteiger partial charge in [-0.25, -0.2) is 4.98 Å². The maximum atomic E-state index is 9.91. The van der Waals surface area contributed by atoms with Gasteiger partial charge in [0.05, 0.1) is 16.8 Å². The Hall–Kier alpha value is -0.450. The lowest BCUT2D eigenvalue weighted by Crippen LogP contribution is -2.30. The van der Waals surface area contributed by atoms with Gasteiger partial charge in [0.25, 0.3) is 0 Å². The molecule has 3 nitrogen and oxygen atoms in total. The Labute approximate surface area is 120 Å². The highest BCUT2D eigenvalue weighted by Gasteiger charge is 2.30. The van der Waals surface area contributed by atoms with E-state index >= 15 is 0 Å². The molecule has 1 saturated carbocycles. The van der Waals surface area contributed by atoms with E-state index in [4.69, 9.17) is 4.98 Å². The van der Waals surface area contributed by atoms with Gasteiger partial charge in [-0.05, 0) is 32.6 Å². The molecule has 2 unspecified atom stereocenters. The molecular weight excluding hydrogens is 256 g/mol. The van der Waals surface area contributed by atoms with Crippen molar-refractivity contribution in [2.24, 2.45) is 5.92 Å². The van der Waals surface area contributed by atoms with Crippen molar-refractivity contribution < 1.29 is 5.11 Å². The molecule has 0 aliphatic heterocycles. The van der Waals surface area contributed by atoms with E-state index in [-0.39, 0.29) is 17.6 Å². The third-order valence-corrected chi connectivity index (χ3v) is 5.43. The number of aromatic nitrogens is 1. The predicted molar refractivity (Wildman–Crippen MR) is 80.7 cm³/mol. The molecule has 0 bridgehead atoms. The average molecular weight is 282 g/mol. The molecule has 19 heavy (non-hydrogen) atoms. The molecule has 0 aromatic carbocycles. The van der Waals surface area contributed by atoms with Crippen LogP contribution in [0.4, 0.5) is 0 Å². The van der Waals surface area contributed by atoms with E-state index in [1.54, 1.807) is 11.3 Å². The number of thiazole rings is 1. The Balaban J connectivity index is 1.98. The molecule has 1 aromatic rings. The molecule has 1 aliphatic carbocycles. The summed E-state index contributed by atoms with van der Waals surface area (Å²) < 4.78 is 0. The van der Waals surface area contributed by atoms with Crippen molar-refractivity contribution in [2.75, 3.05) is 6.54 Å². The van der Waals surface area contributed by atoms with E-state index in [0.29, 0.717) is 12.5 Å². The van der Waals surface area contributed by atoms with E-state index in [1.807, 2.05) is 0 Å². The van der Waals surface area contributed by atoms with E-state index in [1.165, 1.54) is 22.7 Å². The minimum Gasteiger partial charge on any atom is -0.392 e. The van der Waals surface area contributed by atoms with Gasteiger partial charge in [-0.15, -0.1) is 11.3 Å². The van der Waals surface area contributed by atoms with Gasteiger partial charge in [0.2, 0.25) is 0 Å². The zero-order chi connectivity index (χ0) is 14.2. The Kier molecular flexibility index (Phi) is 4.33. The van der Waals surface area contributed by atoms with Crippen LogP contribution in [0.1, 0.15) is 62.2 Å². The first-order valence-corrected chi connectivity index (χ1v) is 8.00. The highest BCUT2D eigenvalue weighted by atomic mass is 32.1. The number of aryl methyl sites for hydroxylation is 1. The van der Waals surface area contributed by atoms with Crippen LogP contribution < -0.4 is 5.32 Å². The van der Waals surface area contributed by atoms with Crippen molar-refractivity contribution in [2.45, 2.75) is 65.0 Å². The molecule has 4 heteroatoms. The Morgan fingerprint density at radius 1 is 1.42 bits per heavy atom. The van der Waals surface area contributed by atoms with Gasteiger partial charge in [0.1, 0.15) is 0 Å². The Bertz CT molecular complexity index is 432. The molecule has 1 heterocycles. The minimum absolute atomic E-state index is 0.112. The highest BCUT2D eigenvalue weighted by molar-refractivity contribution is 7.12. The molecule has 0 spiro atoms. The van der Waals surface area contributed by atoms with Crippen molar-refractivity contribution in [3.63, 3.8) is 0 Å². The van der Waals surface area contributed by atoms with Crippen molar-refractivity contribution >= 4 is 11.3 Å². The summed E-state index contributed by atoms with van der Waals surface area (Å²) in [5.74, 6) is 0.535. The summed E-state index contributed by atoms with van der Waals surface area (Å²) in [7, 11) is 0. The van der Waals surface area contributed by atoms with Crippen molar-refractivity contribution in [3.8, 4) is 0 Å². The van der Waals surface area contributed by atoms with E-state index in [9.17, 15) is 5.11 Å². The average Bonchev–Trinajstić information content (AvgIpc) is 3.07. The zero-order valence-electron chi connectivity index (χ0n) is 12.7. The maximum absolute atomic E-state index is 9.91. The summed E-state index contributed by atoms with van der Waals surface area (Å²) >= 11 is 1.79. The number of nitrogens with one attached hydrogen (secondary N) is 1. The first kappa shape index (κ1) is 14.9. The van der Waals surface area contributed by atoms with Gasteiger partial charge in [-0.1, -0.05) is 20.8 Å². The van der Waals surface area contributed by atoms with Crippen LogP contribution >= 0.6 is 11.3 Å². The third kappa shape index (κ3) is 3.77. The van der Waals surface area contributed by atoms with Gasteiger partial charge in [0, 0.05) is 22.9 Å². The van der Waals surface area contributed by atoms with Crippen molar-refractivity contribution in [1.82, 2.24) is 10.3 Å². The maximum Gasteiger partial charge on any atom is 0.0985 e. The molecule has 0 amide bonds. The zero-order valence-corrected chi connectivity index (χ0v) is 13.5. The second-order valence-electron chi connectivity index (χ2n) is 6.75. The van der Waals surface area contributed by atoms with Crippen LogP contribution in [0.5, 0.6) is 0 Å². The number of hydrogen-bond acceptors (Lipinski definition) is 4. The monoisotopic (exact) mass is 282 g/mol. The standard InChI is InChI=1S/C15H26N2OS/c1-9(16-8-12(18)11-6-7-11)13-10(2)17-14(19-13)15(3,4)5/h9,11-12,16,18H,6-8H2,1-5H3. The van der Waals surface area contributed by atoms with E-state index < -0.39 is 0 Å². The molecule has 2 N–H and O–H groups in total. The Morgan fingerprint density at radius 2 is 2.05 bits per heavy atom. The first-order valence-electron chi connectivity index (χ1n) is 7.18. The number of aliphatic hydroxyl groups is 1. The molecule has 2 atom stereocenters. The van der Waals surface area contributed by atoms with Crippen LogP contribution in [0.2, 0.25) is 0 Å². The van der Waals surface area contributed by atoms with Gasteiger partial charge in [-0.3, -0.25) is 0 Å². The van der Waals surface area contributed by atoms with Crippen LogP contribution in [0, 0.1) is 12.8 Å². The second kappa shape index (κ2) is 5.51. The number of rotatable bonds is 5. The third-order valence-electron chi connectivity index (χ3n) is 3.67. The van der Waals surface area contributed by atoms with Gasteiger partial charge >= 0.3 is 0 Å². The number of hydrogen-bond donors (Lipinski definition) is 2. The second-order valence-corrected chi connectivity index (χ2v) is 7.78. The summed E-state index contributed by atoms with van der Waals surface area (Å²) in [6, 6.07) is 0.266. The number of aliphatic hydroxyl groups excluding tert-OH is 1. The lowest BCUT2D eigenvalue weighted by molar-refractivity contribution is 0.145. The number of nitrogens with zero attached hydrogens (tertiary/aromatic N) is 1. The van der Waals surface area contributed by atoms with Crippen LogP contribution in [-0.4, -0.2) is 22.7 Å². The molecule has 1 aromatic heterocycles. The van der Waals surface area contributed by atoms with Crippen LogP contribution in [0.25, 0.3) is 0 Å². The fraction of sp³-hybridized carbons (Fsp3) is 0.800. The molecular formula is C15H26N2OS. The lowest BCUT2D eigenvalue weighted by Gasteiger charge is -2.16. The summed E-state index contributed by atoms with van der Waals surface area (Å²) in [4.78, 5) is 5.99. The largest absolute Gasteiger partial charge is 0.392 e. The van der Waals surface area contributed by atoms with Crippen molar-refractivity contribution in [3.05, 3.63) is 15.6 Å². The van der Waals surface area contributed by atoms with Crippen LogP contribution in [0.3, 0.4) is 0 Å². The smallest absolute Gasteiger partial charge is 0.0985 e. The predicted octanol–water partition coefficient (Wildman–Crippen LogP) is 3.17. The Morgan fingerprint density at radius 3 is 2.53 bits per heavy atom. The summed E-state index contributed by atoms with van der Waals surface area (Å²) in [5, 5.41) is 14.6.